The highest BCUT2D eigenvalue weighted by Gasteiger charge is 2.30. The largest absolute Gasteiger partial charge is 0.476 e. The third kappa shape index (κ3) is 4.44. The molecule has 4 heteroatoms. The zero-order valence-electron chi connectivity index (χ0n) is 15.6. The van der Waals surface area contributed by atoms with E-state index in [0.29, 0.717) is 19.0 Å². The van der Waals surface area contributed by atoms with Gasteiger partial charge in [0.25, 0.3) is 5.91 Å². The van der Waals surface area contributed by atoms with Crippen molar-refractivity contribution in [3.05, 3.63) is 65.7 Å². The molecule has 2 N–H and O–H groups in total. The van der Waals surface area contributed by atoms with Gasteiger partial charge < -0.3 is 15.4 Å². The molecule has 1 aliphatic rings. The van der Waals surface area contributed by atoms with E-state index in [-0.39, 0.29) is 11.9 Å². The number of amides is 1. The van der Waals surface area contributed by atoms with Crippen LogP contribution >= 0.6 is 0 Å². The number of carbonyl (C=O) groups is 1. The van der Waals surface area contributed by atoms with Crippen LogP contribution in [-0.4, -0.2) is 29.9 Å². The maximum absolute atomic E-state index is 13.2. The minimum Gasteiger partial charge on any atom is -0.476 e. The van der Waals surface area contributed by atoms with Crippen molar-refractivity contribution in [3.63, 3.8) is 0 Å². The van der Waals surface area contributed by atoms with Crippen molar-refractivity contribution in [2.75, 3.05) is 13.1 Å². The molecule has 3 rings (SSSR count). The summed E-state index contributed by atoms with van der Waals surface area (Å²) in [5, 5.41) is 0. The van der Waals surface area contributed by atoms with Crippen molar-refractivity contribution in [1.29, 1.82) is 0 Å². The fourth-order valence-corrected chi connectivity index (χ4v) is 3.26. The Bertz CT molecular complexity index is 722. The van der Waals surface area contributed by atoms with Crippen LogP contribution in [0.2, 0.25) is 0 Å². The molecule has 4 nitrogen and oxygen atoms in total. The van der Waals surface area contributed by atoms with Crippen LogP contribution in [0.5, 0.6) is 5.75 Å². The van der Waals surface area contributed by atoms with Crippen molar-refractivity contribution < 1.29 is 9.53 Å². The van der Waals surface area contributed by atoms with E-state index in [4.69, 9.17) is 10.5 Å². The van der Waals surface area contributed by atoms with Gasteiger partial charge in [0, 0.05) is 24.7 Å². The topological polar surface area (TPSA) is 55.6 Å². The van der Waals surface area contributed by atoms with Crippen molar-refractivity contribution in [3.8, 4) is 5.75 Å². The minimum atomic E-state index is -0.632. The molecular formula is C22H28N2O2. The fourth-order valence-electron chi connectivity index (χ4n) is 3.26. The molecule has 2 aromatic rings. The van der Waals surface area contributed by atoms with E-state index in [2.05, 4.69) is 19.9 Å². The highest BCUT2D eigenvalue weighted by molar-refractivity contribution is 5.82. The Morgan fingerprint density at radius 2 is 1.69 bits per heavy atom. The van der Waals surface area contributed by atoms with Gasteiger partial charge in [0.15, 0.2) is 0 Å². The van der Waals surface area contributed by atoms with Gasteiger partial charge in [0.1, 0.15) is 5.75 Å². The Balaban J connectivity index is 1.84. The second-order valence-corrected chi connectivity index (χ2v) is 7.30. The lowest BCUT2D eigenvalue weighted by molar-refractivity contribution is -0.140. The summed E-state index contributed by atoms with van der Waals surface area (Å²) in [6, 6.07) is 17.9. The smallest absolute Gasteiger partial charge is 0.268 e. The number of rotatable bonds is 5. The van der Waals surface area contributed by atoms with Gasteiger partial charge in [0.05, 0.1) is 0 Å². The van der Waals surface area contributed by atoms with E-state index >= 15 is 0 Å². The lowest BCUT2D eigenvalue weighted by Gasteiger charge is -2.33. The SMILES string of the molecule is CC(C)c1cccc(OC(C(=O)N2CCC(N)CC2)c2ccccc2)c1. The van der Waals surface area contributed by atoms with Crippen LogP contribution in [0, 0.1) is 0 Å². The van der Waals surface area contributed by atoms with Gasteiger partial charge in [-0.1, -0.05) is 56.3 Å². The molecule has 1 aliphatic heterocycles. The highest BCUT2D eigenvalue weighted by Crippen LogP contribution is 2.27. The molecule has 1 saturated heterocycles. The number of ether oxygens (including phenoxy) is 1. The van der Waals surface area contributed by atoms with Crippen LogP contribution in [0.15, 0.2) is 54.6 Å². The summed E-state index contributed by atoms with van der Waals surface area (Å²) in [5.74, 6) is 1.15. The zero-order valence-corrected chi connectivity index (χ0v) is 15.6. The summed E-state index contributed by atoms with van der Waals surface area (Å²) in [7, 11) is 0. The average Bonchev–Trinajstić information content (AvgIpc) is 2.67. The van der Waals surface area contributed by atoms with Crippen molar-refractivity contribution in [2.45, 2.75) is 44.8 Å². The maximum Gasteiger partial charge on any atom is 0.268 e. The molecule has 0 radical (unpaired) electrons. The summed E-state index contributed by atoms with van der Waals surface area (Å²) in [6.07, 6.45) is 1.06. The van der Waals surface area contributed by atoms with Crippen LogP contribution in [0.1, 0.15) is 49.8 Å². The summed E-state index contributed by atoms with van der Waals surface area (Å²) in [4.78, 5) is 15.1. The highest BCUT2D eigenvalue weighted by atomic mass is 16.5. The van der Waals surface area contributed by atoms with E-state index in [9.17, 15) is 4.79 Å². The summed E-state index contributed by atoms with van der Waals surface area (Å²) >= 11 is 0. The van der Waals surface area contributed by atoms with Crippen molar-refractivity contribution in [2.24, 2.45) is 5.73 Å². The molecule has 1 amide bonds. The quantitative estimate of drug-likeness (QED) is 0.888. The number of hydrogen-bond acceptors (Lipinski definition) is 3. The van der Waals surface area contributed by atoms with E-state index in [0.717, 1.165) is 24.2 Å². The second kappa shape index (κ2) is 8.37. The second-order valence-electron chi connectivity index (χ2n) is 7.30. The number of nitrogens with two attached hydrogens (primary N) is 1. The molecule has 0 bridgehead atoms. The summed E-state index contributed by atoms with van der Waals surface area (Å²) < 4.78 is 6.21. The molecule has 1 unspecified atom stereocenters. The van der Waals surface area contributed by atoms with E-state index in [1.807, 2.05) is 53.4 Å². The Kier molecular flexibility index (Phi) is 5.94. The standard InChI is InChI=1S/C22H28N2O2/c1-16(2)18-9-6-10-20(15-18)26-21(17-7-4-3-5-8-17)22(25)24-13-11-19(23)12-14-24/h3-10,15-16,19,21H,11-14,23H2,1-2H3. The van der Waals surface area contributed by atoms with E-state index in [1.165, 1.54) is 5.56 Å². The Hall–Kier alpha value is -2.33. The predicted molar refractivity (Wildman–Crippen MR) is 104 cm³/mol. The first-order valence-electron chi connectivity index (χ1n) is 9.40. The van der Waals surface area contributed by atoms with E-state index < -0.39 is 6.10 Å². The lowest BCUT2D eigenvalue weighted by Crippen LogP contribution is -2.45. The van der Waals surface area contributed by atoms with Gasteiger partial charge in [0.2, 0.25) is 6.10 Å². The number of likely N-dealkylation sites (tertiary alicyclic amines) is 1. The molecule has 2 aromatic carbocycles. The molecule has 0 aromatic heterocycles. The van der Waals surface area contributed by atoms with Gasteiger partial charge >= 0.3 is 0 Å². The normalized spacial score (nSPS) is 16.5. The molecule has 0 saturated carbocycles. The first-order chi connectivity index (χ1) is 12.5. The lowest BCUT2D eigenvalue weighted by atomic mass is 10.0. The Morgan fingerprint density at radius 3 is 2.35 bits per heavy atom. The molecule has 1 fully saturated rings. The molecular weight excluding hydrogens is 324 g/mol. The molecule has 0 aliphatic carbocycles. The van der Waals surface area contributed by atoms with Gasteiger partial charge in [-0.15, -0.1) is 0 Å². The summed E-state index contributed by atoms with van der Waals surface area (Å²) in [5.41, 5.74) is 8.06. The van der Waals surface area contributed by atoms with Crippen molar-refractivity contribution in [1.82, 2.24) is 4.90 Å². The van der Waals surface area contributed by atoms with Crippen molar-refractivity contribution >= 4 is 5.91 Å². The molecule has 1 atom stereocenters. The first kappa shape index (κ1) is 18.5. The number of hydrogen-bond donors (Lipinski definition) is 1. The van der Waals surface area contributed by atoms with Crippen LogP contribution in [0.25, 0.3) is 0 Å². The van der Waals surface area contributed by atoms with Crippen LogP contribution < -0.4 is 10.5 Å². The Morgan fingerprint density at radius 1 is 1.04 bits per heavy atom. The van der Waals surface area contributed by atoms with E-state index in [1.54, 1.807) is 0 Å². The monoisotopic (exact) mass is 352 g/mol. The number of nitrogens with zero attached hydrogens (tertiary/aromatic N) is 1. The first-order valence-corrected chi connectivity index (χ1v) is 9.40. The van der Waals surface area contributed by atoms with Crippen LogP contribution in [0.3, 0.4) is 0 Å². The van der Waals surface area contributed by atoms with Gasteiger partial charge in [-0.2, -0.15) is 0 Å². The average molecular weight is 352 g/mol. The molecule has 26 heavy (non-hydrogen) atoms. The fraction of sp³-hybridized carbons (Fsp3) is 0.409. The van der Waals surface area contributed by atoms with Gasteiger partial charge in [-0.05, 0) is 36.5 Å². The molecule has 1 heterocycles. The number of carbonyl (C=O) groups excluding carboxylic acids is 1. The Labute approximate surface area is 156 Å². The predicted octanol–water partition coefficient (Wildman–Crippen LogP) is 3.88. The summed E-state index contributed by atoms with van der Waals surface area (Å²) in [6.45, 7) is 5.68. The minimum absolute atomic E-state index is 0.0121. The maximum atomic E-state index is 13.2. The van der Waals surface area contributed by atoms with Crippen LogP contribution in [0.4, 0.5) is 0 Å². The third-order valence-electron chi connectivity index (χ3n) is 4.96. The van der Waals surface area contributed by atoms with Gasteiger partial charge in [-0.25, -0.2) is 0 Å². The van der Waals surface area contributed by atoms with Gasteiger partial charge in [-0.3, -0.25) is 4.79 Å². The number of benzene rings is 2. The molecule has 0 spiro atoms. The van der Waals surface area contributed by atoms with Crippen LogP contribution in [-0.2, 0) is 4.79 Å². The zero-order chi connectivity index (χ0) is 18.5. The number of piperidine rings is 1. The third-order valence-corrected chi connectivity index (χ3v) is 4.96. The molecule has 138 valence electrons.